The molecule has 0 amide bonds. The van der Waals surface area contributed by atoms with Crippen molar-refractivity contribution in [1.29, 1.82) is 0 Å². The fourth-order valence-corrected chi connectivity index (χ4v) is 2.06. The summed E-state index contributed by atoms with van der Waals surface area (Å²) in [7, 11) is 0. The lowest BCUT2D eigenvalue weighted by atomic mass is 10.1. The number of aliphatic imine (C=N–C) groups is 1. The van der Waals surface area contributed by atoms with Gasteiger partial charge in [0.2, 0.25) is 0 Å². The highest BCUT2D eigenvalue weighted by Gasteiger charge is 2.12. The van der Waals surface area contributed by atoms with Crippen LogP contribution in [0, 0.1) is 0 Å². The predicted octanol–water partition coefficient (Wildman–Crippen LogP) is 3.44. The maximum absolute atomic E-state index is 5.37. The van der Waals surface area contributed by atoms with Gasteiger partial charge < -0.3 is 15.2 Å². The average molecular weight is 420 g/mol. The molecule has 2 N–H and O–H groups in total. The van der Waals surface area contributed by atoms with Crippen LogP contribution in [0.4, 0.5) is 0 Å². The Balaban J connectivity index is 0.00000441. The molecule has 1 rings (SSSR count). The lowest BCUT2D eigenvalue weighted by Crippen LogP contribution is -2.37. The van der Waals surface area contributed by atoms with Gasteiger partial charge in [-0.2, -0.15) is 0 Å². The summed E-state index contributed by atoms with van der Waals surface area (Å²) in [6.45, 7) is 10.6. The van der Waals surface area contributed by atoms with Gasteiger partial charge in [0.1, 0.15) is 5.76 Å². The first kappa shape index (κ1) is 20.9. The first-order chi connectivity index (χ1) is 10.3. The standard InChI is InChI=1S/C16H28N4O.HI/c1-5-9-10-11-18-16(17-8-4)19-12-13-14(6-2)20-21-15(13)7-3;/h5,9H,6-8,10-12H2,1-4H3,(H2,17,18,19);1H/b9-5+;. The summed E-state index contributed by atoms with van der Waals surface area (Å²) < 4.78 is 5.37. The van der Waals surface area contributed by atoms with E-state index in [4.69, 9.17) is 4.52 Å². The molecule has 0 unspecified atom stereocenters. The van der Waals surface area contributed by atoms with Crippen LogP contribution < -0.4 is 10.6 Å². The van der Waals surface area contributed by atoms with Gasteiger partial charge in [0, 0.05) is 25.1 Å². The number of allylic oxidation sites excluding steroid dienone is 1. The van der Waals surface area contributed by atoms with Gasteiger partial charge in [-0.3, -0.25) is 0 Å². The van der Waals surface area contributed by atoms with Crippen LogP contribution in [0.25, 0.3) is 0 Å². The van der Waals surface area contributed by atoms with Gasteiger partial charge in [-0.25, -0.2) is 4.99 Å². The molecule has 0 saturated heterocycles. The zero-order chi connectivity index (χ0) is 15.5. The number of hydrogen-bond acceptors (Lipinski definition) is 3. The molecule has 0 radical (unpaired) electrons. The zero-order valence-corrected chi connectivity index (χ0v) is 16.4. The summed E-state index contributed by atoms with van der Waals surface area (Å²) in [5.41, 5.74) is 2.14. The Morgan fingerprint density at radius 2 is 2.00 bits per heavy atom. The first-order valence-electron chi connectivity index (χ1n) is 7.86. The van der Waals surface area contributed by atoms with Crippen molar-refractivity contribution in [2.75, 3.05) is 13.1 Å². The molecule has 1 heterocycles. The molecule has 1 aromatic heterocycles. The van der Waals surface area contributed by atoms with E-state index in [0.717, 1.165) is 55.3 Å². The average Bonchev–Trinajstić information content (AvgIpc) is 2.91. The van der Waals surface area contributed by atoms with E-state index < -0.39 is 0 Å². The minimum absolute atomic E-state index is 0. The molecular formula is C16H29IN4O. The summed E-state index contributed by atoms with van der Waals surface area (Å²) in [5, 5.41) is 10.7. The predicted molar refractivity (Wildman–Crippen MR) is 103 cm³/mol. The molecule has 0 aliphatic heterocycles. The van der Waals surface area contributed by atoms with Crippen molar-refractivity contribution in [1.82, 2.24) is 15.8 Å². The van der Waals surface area contributed by atoms with Crippen LogP contribution in [-0.2, 0) is 19.4 Å². The van der Waals surface area contributed by atoms with Gasteiger partial charge in [-0.15, -0.1) is 24.0 Å². The molecule has 0 bridgehead atoms. The van der Waals surface area contributed by atoms with E-state index in [1.54, 1.807) is 0 Å². The Kier molecular flexibility index (Phi) is 11.9. The van der Waals surface area contributed by atoms with E-state index in [1.807, 2.05) is 6.92 Å². The van der Waals surface area contributed by atoms with Crippen molar-refractivity contribution in [3.8, 4) is 0 Å². The van der Waals surface area contributed by atoms with Crippen LogP contribution in [0.1, 0.15) is 51.1 Å². The molecule has 0 fully saturated rings. The maximum atomic E-state index is 5.37. The SMILES string of the molecule is C/C=C/CCNC(=NCc1c(CC)noc1CC)NCC.I. The molecule has 22 heavy (non-hydrogen) atoms. The third-order valence-corrected chi connectivity index (χ3v) is 3.19. The second-order valence-corrected chi connectivity index (χ2v) is 4.72. The van der Waals surface area contributed by atoms with Crippen LogP contribution >= 0.6 is 24.0 Å². The zero-order valence-electron chi connectivity index (χ0n) is 14.1. The highest BCUT2D eigenvalue weighted by atomic mass is 127. The Labute approximate surface area is 151 Å². The molecule has 0 aliphatic rings. The van der Waals surface area contributed by atoms with Gasteiger partial charge in [0.05, 0.1) is 12.2 Å². The minimum atomic E-state index is 0. The third kappa shape index (κ3) is 6.81. The summed E-state index contributed by atoms with van der Waals surface area (Å²) >= 11 is 0. The molecule has 0 saturated carbocycles. The van der Waals surface area contributed by atoms with Gasteiger partial charge >= 0.3 is 0 Å². The van der Waals surface area contributed by atoms with Crippen molar-refractivity contribution in [2.24, 2.45) is 4.99 Å². The number of nitrogens with one attached hydrogen (secondary N) is 2. The summed E-state index contributed by atoms with van der Waals surface area (Å²) in [6, 6.07) is 0. The Hall–Kier alpha value is -1.05. The highest BCUT2D eigenvalue weighted by molar-refractivity contribution is 14.0. The Morgan fingerprint density at radius 3 is 2.59 bits per heavy atom. The first-order valence-corrected chi connectivity index (χ1v) is 7.86. The van der Waals surface area contributed by atoms with E-state index in [1.165, 1.54) is 0 Å². The van der Waals surface area contributed by atoms with Crippen molar-refractivity contribution in [3.63, 3.8) is 0 Å². The lowest BCUT2D eigenvalue weighted by molar-refractivity contribution is 0.380. The normalized spacial score (nSPS) is 11.5. The number of halogens is 1. The van der Waals surface area contributed by atoms with Crippen LogP contribution in [-0.4, -0.2) is 24.2 Å². The highest BCUT2D eigenvalue weighted by Crippen LogP contribution is 2.16. The minimum Gasteiger partial charge on any atom is -0.361 e. The van der Waals surface area contributed by atoms with Gasteiger partial charge in [0.15, 0.2) is 5.96 Å². The van der Waals surface area contributed by atoms with Crippen molar-refractivity contribution in [3.05, 3.63) is 29.2 Å². The second-order valence-electron chi connectivity index (χ2n) is 4.72. The number of aryl methyl sites for hydroxylation is 2. The van der Waals surface area contributed by atoms with Gasteiger partial charge in [-0.05, 0) is 26.7 Å². The second kappa shape index (κ2) is 12.5. The summed E-state index contributed by atoms with van der Waals surface area (Å²) in [5.74, 6) is 1.78. The van der Waals surface area contributed by atoms with E-state index in [2.05, 4.69) is 53.7 Å². The molecule has 0 aromatic carbocycles. The van der Waals surface area contributed by atoms with E-state index in [9.17, 15) is 0 Å². The van der Waals surface area contributed by atoms with Crippen LogP contribution in [0.5, 0.6) is 0 Å². The van der Waals surface area contributed by atoms with Crippen molar-refractivity contribution >= 4 is 29.9 Å². The Morgan fingerprint density at radius 1 is 1.23 bits per heavy atom. The van der Waals surface area contributed by atoms with Gasteiger partial charge in [0.25, 0.3) is 0 Å². The molecule has 1 aromatic rings. The number of hydrogen-bond donors (Lipinski definition) is 2. The molecule has 5 nitrogen and oxygen atoms in total. The molecule has 6 heteroatoms. The Bertz CT molecular complexity index is 447. The number of rotatable bonds is 8. The largest absolute Gasteiger partial charge is 0.361 e. The lowest BCUT2D eigenvalue weighted by Gasteiger charge is -2.10. The molecule has 0 aliphatic carbocycles. The van der Waals surface area contributed by atoms with Crippen LogP contribution in [0.3, 0.4) is 0 Å². The van der Waals surface area contributed by atoms with Crippen LogP contribution in [0.15, 0.2) is 21.7 Å². The molecule has 0 spiro atoms. The fraction of sp³-hybridized carbons (Fsp3) is 0.625. The van der Waals surface area contributed by atoms with Crippen molar-refractivity contribution < 1.29 is 4.52 Å². The quantitative estimate of drug-likeness (QED) is 0.222. The summed E-state index contributed by atoms with van der Waals surface area (Å²) in [6.07, 6.45) is 6.92. The molecular weight excluding hydrogens is 391 g/mol. The topological polar surface area (TPSA) is 62.5 Å². The third-order valence-electron chi connectivity index (χ3n) is 3.19. The van der Waals surface area contributed by atoms with Gasteiger partial charge in [-0.1, -0.05) is 31.2 Å². The number of guanidine groups is 1. The number of nitrogens with zero attached hydrogens (tertiary/aromatic N) is 2. The monoisotopic (exact) mass is 420 g/mol. The maximum Gasteiger partial charge on any atom is 0.191 e. The molecule has 0 atom stereocenters. The van der Waals surface area contributed by atoms with E-state index in [0.29, 0.717) is 6.54 Å². The summed E-state index contributed by atoms with van der Waals surface area (Å²) in [4.78, 5) is 4.64. The fourth-order valence-electron chi connectivity index (χ4n) is 2.06. The van der Waals surface area contributed by atoms with Crippen LogP contribution in [0.2, 0.25) is 0 Å². The van der Waals surface area contributed by atoms with E-state index in [-0.39, 0.29) is 24.0 Å². The van der Waals surface area contributed by atoms with E-state index >= 15 is 0 Å². The molecule has 126 valence electrons. The van der Waals surface area contributed by atoms with Crippen molar-refractivity contribution in [2.45, 2.75) is 53.5 Å². The number of aromatic nitrogens is 1. The smallest absolute Gasteiger partial charge is 0.191 e.